The van der Waals surface area contributed by atoms with Gasteiger partial charge in [-0.05, 0) is 67.4 Å². The van der Waals surface area contributed by atoms with Crippen LogP contribution in [0.15, 0.2) is 72.8 Å². The molecule has 0 aliphatic heterocycles. The number of methoxy groups -OCH3 is 1. The fourth-order valence-corrected chi connectivity index (χ4v) is 3.67. The summed E-state index contributed by atoms with van der Waals surface area (Å²) in [5.74, 6) is 3.41. The van der Waals surface area contributed by atoms with Gasteiger partial charge in [0.2, 0.25) is 0 Å². The number of fused-ring (bicyclic) bond motifs is 1. The third-order valence-corrected chi connectivity index (χ3v) is 5.25. The Labute approximate surface area is 183 Å². The van der Waals surface area contributed by atoms with Crippen molar-refractivity contribution in [3.05, 3.63) is 84.2 Å². The van der Waals surface area contributed by atoms with E-state index in [-0.39, 0.29) is 6.10 Å². The Kier molecular flexibility index (Phi) is 6.41. The number of rotatable bonds is 9. The first-order valence-corrected chi connectivity index (χ1v) is 10.6. The molecule has 4 aromatic rings. The van der Waals surface area contributed by atoms with Crippen molar-refractivity contribution in [2.75, 3.05) is 13.7 Å². The standard InChI is InChI=1S/C26H28N2O3/c1-4-25(31-22-9-7-8-19(2)18-22)26-27-23-10-5-6-11-24(23)28(26)16-17-30-21-14-12-20(29-3)13-15-21/h5-15,18,25H,4,16-17H2,1-3H3. The molecule has 0 aliphatic carbocycles. The maximum atomic E-state index is 6.35. The molecule has 1 unspecified atom stereocenters. The lowest BCUT2D eigenvalue weighted by atomic mass is 10.2. The van der Waals surface area contributed by atoms with Gasteiger partial charge in [-0.25, -0.2) is 4.98 Å². The molecule has 0 saturated heterocycles. The predicted octanol–water partition coefficient (Wildman–Crippen LogP) is 5.96. The van der Waals surface area contributed by atoms with Gasteiger partial charge in [-0.2, -0.15) is 0 Å². The van der Waals surface area contributed by atoms with E-state index in [1.165, 1.54) is 5.56 Å². The molecule has 1 aromatic heterocycles. The van der Waals surface area contributed by atoms with Gasteiger partial charge in [0.05, 0.1) is 24.7 Å². The minimum atomic E-state index is -0.143. The van der Waals surface area contributed by atoms with Crippen molar-refractivity contribution in [2.24, 2.45) is 0 Å². The van der Waals surface area contributed by atoms with E-state index in [0.717, 1.165) is 40.5 Å². The van der Waals surface area contributed by atoms with Crippen LogP contribution in [0.5, 0.6) is 17.2 Å². The van der Waals surface area contributed by atoms with E-state index in [0.29, 0.717) is 13.2 Å². The average Bonchev–Trinajstić information content (AvgIpc) is 3.16. The SMILES string of the molecule is CCC(Oc1cccc(C)c1)c1nc2ccccc2n1CCOc1ccc(OC)cc1. The molecule has 0 saturated carbocycles. The first-order valence-electron chi connectivity index (χ1n) is 10.6. The monoisotopic (exact) mass is 416 g/mol. The molecule has 4 rings (SSSR count). The number of aromatic nitrogens is 2. The van der Waals surface area contributed by atoms with Crippen molar-refractivity contribution < 1.29 is 14.2 Å². The van der Waals surface area contributed by atoms with Crippen LogP contribution in [0, 0.1) is 6.92 Å². The number of hydrogen-bond donors (Lipinski definition) is 0. The third kappa shape index (κ3) is 4.82. The van der Waals surface area contributed by atoms with Crippen molar-refractivity contribution in [1.82, 2.24) is 9.55 Å². The normalized spacial score (nSPS) is 12.0. The molecule has 0 radical (unpaired) electrons. The minimum Gasteiger partial charge on any atom is -0.497 e. The zero-order valence-electron chi connectivity index (χ0n) is 18.2. The number of hydrogen-bond acceptors (Lipinski definition) is 4. The minimum absolute atomic E-state index is 0.143. The summed E-state index contributed by atoms with van der Waals surface area (Å²) in [6.07, 6.45) is 0.673. The number of imidazole rings is 1. The first kappa shape index (κ1) is 20.8. The molecule has 160 valence electrons. The summed E-state index contributed by atoms with van der Waals surface area (Å²) in [6.45, 7) is 5.40. The zero-order chi connectivity index (χ0) is 21.6. The van der Waals surface area contributed by atoms with E-state index in [2.05, 4.69) is 36.6 Å². The van der Waals surface area contributed by atoms with E-state index in [4.69, 9.17) is 19.2 Å². The van der Waals surface area contributed by atoms with Crippen LogP contribution in [0.25, 0.3) is 11.0 Å². The number of benzene rings is 3. The topological polar surface area (TPSA) is 45.5 Å². The Hall–Kier alpha value is -3.47. The summed E-state index contributed by atoms with van der Waals surface area (Å²) in [5.41, 5.74) is 3.23. The fraction of sp³-hybridized carbons (Fsp3) is 0.269. The summed E-state index contributed by atoms with van der Waals surface area (Å²) in [6, 6.07) is 24.0. The van der Waals surface area contributed by atoms with E-state index in [1.807, 2.05) is 54.6 Å². The molecule has 1 heterocycles. The Morgan fingerprint density at radius 3 is 2.42 bits per heavy atom. The number of nitrogens with zero attached hydrogens (tertiary/aromatic N) is 2. The van der Waals surface area contributed by atoms with Crippen molar-refractivity contribution >= 4 is 11.0 Å². The number of aryl methyl sites for hydroxylation is 1. The Balaban J connectivity index is 1.56. The second-order valence-corrected chi connectivity index (χ2v) is 7.47. The van der Waals surface area contributed by atoms with Gasteiger partial charge >= 0.3 is 0 Å². The molecular weight excluding hydrogens is 388 g/mol. The molecule has 1 atom stereocenters. The van der Waals surface area contributed by atoms with Crippen LogP contribution < -0.4 is 14.2 Å². The molecular formula is C26H28N2O3. The van der Waals surface area contributed by atoms with Crippen molar-refractivity contribution in [3.8, 4) is 17.2 Å². The molecule has 5 heteroatoms. The lowest BCUT2D eigenvalue weighted by Crippen LogP contribution is -2.17. The third-order valence-electron chi connectivity index (χ3n) is 5.25. The van der Waals surface area contributed by atoms with Crippen LogP contribution in [-0.2, 0) is 6.54 Å². The number of para-hydroxylation sites is 2. The van der Waals surface area contributed by atoms with Gasteiger partial charge in [-0.15, -0.1) is 0 Å². The maximum Gasteiger partial charge on any atom is 0.156 e. The highest BCUT2D eigenvalue weighted by atomic mass is 16.5. The maximum absolute atomic E-state index is 6.35. The quantitative estimate of drug-likeness (QED) is 0.338. The summed E-state index contributed by atoms with van der Waals surface area (Å²) in [4.78, 5) is 4.92. The summed E-state index contributed by atoms with van der Waals surface area (Å²) < 4.78 is 19.8. The molecule has 0 spiro atoms. The lowest BCUT2D eigenvalue weighted by Gasteiger charge is -2.19. The molecule has 0 fully saturated rings. The van der Waals surface area contributed by atoms with Gasteiger partial charge in [0.1, 0.15) is 23.9 Å². The second-order valence-electron chi connectivity index (χ2n) is 7.47. The lowest BCUT2D eigenvalue weighted by molar-refractivity contribution is 0.184. The molecule has 0 aliphatic rings. The van der Waals surface area contributed by atoms with Crippen molar-refractivity contribution in [1.29, 1.82) is 0 Å². The summed E-state index contributed by atoms with van der Waals surface area (Å²) >= 11 is 0. The molecule has 3 aromatic carbocycles. The zero-order valence-corrected chi connectivity index (χ0v) is 18.2. The summed E-state index contributed by atoms with van der Waals surface area (Å²) in [5, 5.41) is 0. The van der Waals surface area contributed by atoms with Crippen LogP contribution >= 0.6 is 0 Å². The van der Waals surface area contributed by atoms with Crippen LogP contribution in [0.1, 0.15) is 30.8 Å². The Bertz CT molecular complexity index is 1140. The summed E-state index contributed by atoms with van der Waals surface area (Å²) in [7, 11) is 1.66. The Morgan fingerprint density at radius 2 is 1.68 bits per heavy atom. The molecule has 0 bridgehead atoms. The fourth-order valence-electron chi connectivity index (χ4n) is 3.67. The smallest absolute Gasteiger partial charge is 0.156 e. The highest BCUT2D eigenvalue weighted by Gasteiger charge is 2.20. The van der Waals surface area contributed by atoms with Gasteiger partial charge in [0.15, 0.2) is 11.9 Å². The van der Waals surface area contributed by atoms with Gasteiger partial charge < -0.3 is 18.8 Å². The van der Waals surface area contributed by atoms with Gasteiger partial charge in [-0.3, -0.25) is 0 Å². The van der Waals surface area contributed by atoms with E-state index < -0.39 is 0 Å². The molecule has 31 heavy (non-hydrogen) atoms. The van der Waals surface area contributed by atoms with Gasteiger partial charge in [0, 0.05) is 0 Å². The number of ether oxygens (including phenoxy) is 3. The second kappa shape index (κ2) is 9.56. The van der Waals surface area contributed by atoms with Gasteiger partial charge in [0.25, 0.3) is 0 Å². The first-order chi connectivity index (χ1) is 15.2. The van der Waals surface area contributed by atoms with Crippen molar-refractivity contribution in [3.63, 3.8) is 0 Å². The largest absolute Gasteiger partial charge is 0.497 e. The Morgan fingerprint density at radius 1 is 0.903 bits per heavy atom. The van der Waals surface area contributed by atoms with E-state index in [9.17, 15) is 0 Å². The molecule has 5 nitrogen and oxygen atoms in total. The van der Waals surface area contributed by atoms with Gasteiger partial charge in [-0.1, -0.05) is 31.2 Å². The highest BCUT2D eigenvalue weighted by Crippen LogP contribution is 2.28. The molecule has 0 N–H and O–H groups in total. The van der Waals surface area contributed by atoms with E-state index >= 15 is 0 Å². The van der Waals surface area contributed by atoms with Crippen LogP contribution in [-0.4, -0.2) is 23.3 Å². The predicted molar refractivity (Wildman–Crippen MR) is 123 cm³/mol. The van der Waals surface area contributed by atoms with E-state index in [1.54, 1.807) is 7.11 Å². The molecule has 0 amide bonds. The average molecular weight is 417 g/mol. The van der Waals surface area contributed by atoms with Crippen molar-refractivity contribution in [2.45, 2.75) is 32.9 Å². The highest BCUT2D eigenvalue weighted by molar-refractivity contribution is 5.76. The van der Waals surface area contributed by atoms with Crippen LogP contribution in [0.4, 0.5) is 0 Å². The van der Waals surface area contributed by atoms with Crippen LogP contribution in [0.2, 0.25) is 0 Å². The van der Waals surface area contributed by atoms with Crippen LogP contribution in [0.3, 0.4) is 0 Å².